The zero-order valence-corrected chi connectivity index (χ0v) is 25.7. The Hall–Kier alpha value is -4.38. The number of anilines is 1. The average Bonchev–Trinajstić information content (AvgIpc) is 3.04. The summed E-state index contributed by atoms with van der Waals surface area (Å²) in [6, 6.07) is 17.0. The maximum Gasteiger partial charge on any atom is 0.261 e. The van der Waals surface area contributed by atoms with Gasteiger partial charge in [0, 0.05) is 18.8 Å². The number of ether oxygens (including phenoxy) is 2. The topological polar surface area (TPSA) is 114 Å². The van der Waals surface area contributed by atoms with Crippen molar-refractivity contribution in [2.45, 2.75) is 56.5 Å². The van der Waals surface area contributed by atoms with Crippen LogP contribution in [0, 0.1) is 5.82 Å². The van der Waals surface area contributed by atoms with Gasteiger partial charge < -0.3 is 19.7 Å². The van der Waals surface area contributed by atoms with Crippen molar-refractivity contribution in [2.24, 2.45) is 0 Å². The van der Waals surface area contributed by atoms with Crippen LogP contribution in [0.25, 0.3) is 0 Å². The van der Waals surface area contributed by atoms with Gasteiger partial charge in [-0.25, -0.2) is 12.8 Å². The van der Waals surface area contributed by atoms with E-state index < -0.39 is 27.8 Å². The van der Waals surface area contributed by atoms with Crippen molar-refractivity contribution >= 4 is 27.5 Å². The van der Waals surface area contributed by atoms with Crippen molar-refractivity contribution in [1.82, 2.24) is 10.2 Å². The number of carbonyl (C=O) groups excluding carboxylic acids is 2. The summed E-state index contributed by atoms with van der Waals surface area (Å²) in [5, 5.41) is 2.97. The summed E-state index contributed by atoms with van der Waals surface area (Å²) in [5.74, 6) is -0.189. The highest BCUT2D eigenvalue weighted by atomic mass is 32.2. The van der Waals surface area contributed by atoms with Crippen LogP contribution >= 0.6 is 0 Å². The second-order valence-electron chi connectivity index (χ2n) is 10.6. The molecule has 0 aromatic heterocycles. The van der Waals surface area contributed by atoms with E-state index in [0.717, 1.165) is 37.0 Å². The lowest BCUT2D eigenvalue weighted by Crippen LogP contribution is -2.49. The molecule has 44 heavy (non-hydrogen) atoms. The van der Waals surface area contributed by atoms with Gasteiger partial charge >= 0.3 is 0 Å². The number of sulfonamides is 1. The maximum atomic E-state index is 13.4. The number of hydrogen-bond donors (Lipinski definition) is 2. The van der Waals surface area contributed by atoms with Gasteiger partial charge in [0.2, 0.25) is 5.91 Å². The maximum absolute atomic E-state index is 13.4. The molecule has 0 radical (unpaired) electrons. The first-order chi connectivity index (χ1) is 21.1. The van der Waals surface area contributed by atoms with E-state index in [0.29, 0.717) is 12.3 Å². The molecule has 1 unspecified atom stereocenters. The lowest BCUT2D eigenvalue weighted by molar-refractivity contribution is -0.142. The van der Waals surface area contributed by atoms with Crippen molar-refractivity contribution in [3.05, 3.63) is 95.8 Å². The van der Waals surface area contributed by atoms with Crippen LogP contribution in [0.2, 0.25) is 0 Å². The van der Waals surface area contributed by atoms with E-state index in [-0.39, 0.29) is 35.4 Å². The van der Waals surface area contributed by atoms with Crippen LogP contribution in [0.3, 0.4) is 0 Å². The van der Waals surface area contributed by atoms with E-state index in [9.17, 15) is 22.4 Å². The Kier molecular flexibility index (Phi) is 11.4. The molecule has 234 valence electrons. The van der Waals surface area contributed by atoms with E-state index in [1.54, 1.807) is 26.2 Å². The van der Waals surface area contributed by atoms with Gasteiger partial charge in [0.1, 0.15) is 23.4 Å². The lowest BCUT2D eigenvalue weighted by atomic mass is 9.97. The Morgan fingerprint density at radius 1 is 0.955 bits per heavy atom. The van der Waals surface area contributed by atoms with Gasteiger partial charge in [-0.05, 0) is 105 Å². The molecule has 0 saturated heterocycles. The van der Waals surface area contributed by atoms with Gasteiger partial charge in [-0.1, -0.05) is 23.8 Å². The second-order valence-corrected chi connectivity index (χ2v) is 12.2. The first-order valence-corrected chi connectivity index (χ1v) is 16.0. The molecular weight excluding hydrogens is 585 g/mol. The van der Waals surface area contributed by atoms with Crippen LogP contribution in [-0.4, -0.2) is 51.4 Å². The van der Waals surface area contributed by atoms with Crippen LogP contribution < -0.4 is 19.5 Å². The van der Waals surface area contributed by atoms with Gasteiger partial charge in [0.15, 0.2) is 6.61 Å². The van der Waals surface area contributed by atoms with Crippen LogP contribution in [-0.2, 0) is 26.2 Å². The molecule has 0 bridgehead atoms. The van der Waals surface area contributed by atoms with Crippen molar-refractivity contribution in [1.29, 1.82) is 0 Å². The fourth-order valence-corrected chi connectivity index (χ4v) is 5.87. The Labute approximate surface area is 258 Å². The number of nitrogens with zero attached hydrogens (tertiary/aromatic N) is 1. The molecular formula is C33H38FN3O6S. The third-order valence-corrected chi connectivity index (χ3v) is 8.80. The van der Waals surface area contributed by atoms with Crippen molar-refractivity contribution in [2.75, 3.05) is 25.0 Å². The Bertz CT molecular complexity index is 1540. The first-order valence-electron chi connectivity index (χ1n) is 14.5. The quantitative estimate of drug-likeness (QED) is 0.231. The largest absolute Gasteiger partial charge is 0.497 e. The normalized spacial score (nSPS) is 13.8. The molecule has 0 saturated carbocycles. The molecule has 2 amide bonds. The first kappa shape index (κ1) is 32.5. The van der Waals surface area contributed by atoms with Gasteiger partial charge in [0.25, 0.3) is 15.9 Å². The Morgan fingerprint density at radius 2 is 1.64 bits per heavy atom. The molecule has 0 heterocycles. The second kappa shape index (κ2) is 15.4. The molecule has 3 aromatic rings. The molecule has 4 rings (SSSR count). The minimum atomic E-state index is -3.92. The van der Waals surface area contributed by atoms with E-state index in [2.05, 4.69) is 16.1 Å². The molecule has 11 heteroatoms. The Balaban J connectivity index is 1.39. The summed E-state index contributed by atoms with van der Waals surface area (Å²) in [6.45, 7) is 2.00. The molecule has 9 nitrogen and oxygen atoms in total. The number of carbonyl (C=O) groups is 2. The molecule has 1 aliphatic rings. The SMILES string of the molecule is COc1ccc(CN(C(=O)COc2ccc(S(=O)(=O)Nc3ccc(F)cc3)cc2)C(C)C(=O)NCCC2=CCCCC2)cc1. The number of benzene rings is 3. The van der Waals surface area contributed by atoms with E-state index in [4.69, 9.17) is 9.47 Å². The summed E-state index contributed by atoms with van der Waals surface area (Å²) in [5.41, 5.74) is 2.39. The number of halogens is 1. The summed E-state index contributed by atoms with van der Waals surface area (Å²) in [7, 11) is -2.35. The minimum Gasteiger partial charge on any atom is -0.497 e. The zero-order chi connectivity index (χ0) is 31.5. The smallest absolute Gasteiger partial charge is 0.261 e. The molecule has 0 spiro atoms. The van der Waals surface area contributed by atoms with Crippen molar-refractivity contribution in [3.63, 3.8) is 0 Å². The molecule has 3 aromatic carbocycles. The predicted molar refractivity (Wildman–Crippen MR) is 166 cm³/mol. The highest BCUT2D eigenvalue weighted by Gasteiger charge is 2.26. The van der Waals surface area contributed by atoms with Crippen LogP contribution in [0.4, 0.5) is 10.1 Å². The molecule has 1 atom stereocenters. The van der Waals surface area contributed by atoms with Crippen LogP contribution in [0.5, 0.6) is 11.5 Å². The highest BCUT2D eigenvalue weighted by Crippen LogP contribution is 2.21. The fourth-order valence-electron chi connectivity index (χ4n) is 4.81. The van der Waals surface area contributed by atoms with E-state index in [1.807, 2.05) is 12.1 Å². The van der Waals surface area contributed by atoms with Gasteiger partial charge in [-0.2, -0.15) is 0 Å². The predicted octanol–water partition coefficient (Wildman–Crippen LogP) is 5.44. The number of methoxy groups -OCH3 is 1. The van der Waals surface area contributed by atoms with Gasteiger partial charge in [-0.15, -0.1) is 0 Å². The molecule has 2 N–H and O–H groups in total. The zero-order valence-electron chi connectivity index (χ0n) is 24.9. The third kappa shape index (κ3) is 9.31. The third-order valence-electron chi connectivity index (χ3n) is 7.40. The molecule has 0 aliphatic heterocycles. The number of nitrogens with one attached hydrogen (secondary N) is 2. The standard InChI is InChI=1S/C33H38FN3O6S/c1-24(33(39)35-21-20-25-6-4-3-5-7-25)37(22-26-8-14-29(42-2)15-9-26)32(38)23-43-30-16-18-31(19-17-30)44(40,41)36-28-12-10-27(34)11-13-28/h6,8-19,24,36H,3-5,7,20-23H2,1-2H3,(H,35,39). The summed E-state index contributed by atoms with van der Waals surface area (Å²) in [6.07, 6.45) is 7.55. The van der Waals surface area contributed by atoms with E-state index in [1.165, 1.54) is 59.7 Å². The summed E-state index contributed by atoms with van der Waals surface area (Å²) in [4.78, 5) is 28.0. The van der Waals surface area contributed by atoms with Crippen molar-refractivity contribution in [3.8, 4) is 11.5 Å². The number of hydrogen-bond acceptors (Lipinski definition) is 6. The summed E-state index contributed by atoms with van der Waals surface area (Å²) >= 11 is 0. The Morgan fingerprint density at radius 3 is 2.27 bits per heavy atom. The van der Waals surface area contributed by atoms with Crippen LogP contribution in [0.1, 0.15) is 44.6 Å². The van der Waals surface area contributed by atoms with E-state index >= 15 is 0 Å². The van der Waals surface area contributed by atoms with Gasteiger partial charge in [0.05, 0.1) is 12.0 Å². The molecule has 1 aliphatic carbocycles. The lowest BCUT2D eigenvalue weighted by Gasteiger charge is -2.29. The van der Waals surface area contributed by atoms with Crippen LogP contribution in [0.15, 0.2) is 89.3 Å². The molecule has 0 fully saturated rings. The summed E-state index contributed by atoms with van der Waals surface area (Å²) < 4.78 is 51.9. The monoisotopic (exact) mass is 623 g/mol. The fraction of sp³-hybridized carbons (Fsp3) is 0.333. The number of amides is 2. The average molecular weight is 624 g/mol. The van der Waals surface area contributed by atoms with Gasteiger partial charge in [-0.3, -0.25) is 14.3 Å². The highest BCUT2D eigenvalue weighted by molar-refractivity contribution is 7.92. The number of rotatable bonds is 14. The van der Waals surface area contributed by atoms with Crippen molar-refractivity contribution < 1.29 is 31.9 Å². The number of allylic oxidation sites excluding steroid dienone is 1. The minimum absolute atomic E-state index is 0.0316.